The number of carbonyl (C=O) groups is 1. The third-order valence-corrected chi connectivity index (χ3v) is 3.28. The largest absolute Gasteiger partial charge is 0.468 e. The Morgan fingerprint density at radius 2 is 2.38 bits per heavy atom. The maximum Gasteiger partial charge on any atom is 0.323 e. The van der Waals surface area contributed by atoms with Crippen LogP contribution in [0.1, 0.15) is 39.0 Å². The zero-order valence-corrected chi connectivity index (χ0v) is 10.1. The molecular weight excluding hydrogens is 204 g/mol. The number of ether oxygens (including phenoxy) is 1. The zero-order valence-electron chi connectivity index (χ0n) is 10.1. The number of likely N-dealkylation sites (tertiary alicyclic amines) is 1. The lowest BCUT2D eigenvalue weighted by atomic mass is 9.97. The van der Waals surface area contributed by atoms with Crippen LogP contribution in [0, 0.1) is 11.3 Å². The molecule has 2 unspecified atom stereocenters. The van der Waals surface area contributed by atoms with Crippen molar-refractivity contribution in [3.05, 3.63) is 0 Å². The molecule has 0 radical (unpaired) electrons. The van der Waals surface area contributed by atoms with E-state index in [1.54, 1.807) is 0 Å². The first-order chi connectivity index (χ1) is 7.74. The molecule has 4 nitrogen and oxygen atoms in total. The normalized spacial score (nSPS) is 23.4. The predicted molar refractivity (Wildman–Crippen MR) is 60.7 cm³/mol. The van der Waals surface area contributed by atoms with Gasteiger partial charge in [0.15, 0.2) is 0 Å². The predicted octanol–water partition coefficient (Wildman–Crippen LogP) is 1.71. The van der Waals surface area contributed by atoms with Gasteiger partial charge in [0.1, 0.15) is 6.04 Å². The summed E-state index contributed by atoms with van der Waals surface area (Å²) in [7, 11) is 1.43. The molecule has 0 aromatic rings. The van der Waals surface area contributed by atoms with Crippen LogP contribution >= 0.6 is 0 Å². The van der Waals surface area contributed by atoms with Crippen LogP contribution in [0.5, 0.6) is 0 Å². The minimum atomic E-state index is -0.156. The fourth-order valence-corrected chi connectivity index (χ4v) is 2.38. The maximum atomic E-state index is 11.7. The van der Waals surface area contributed by atoms with Crippen molar-refractivity contribution in [3.8, 4) is 6.07 Å². The summed E-state index contributed by atoms with van der Waals surface area (Å²) in [6.07, 6.45) is 4.42. The van der Waals surface area contributed by atoms with Crippen LogP contribution in [0.4, 0.5) is 0 Å². The van der Waals surface area contributed by atoms with Gasteiger partial charge in [0.25, 0.3) is 0 Å². The van der Waals surface area contributed by atoms with Gasteiger partial charge in [-0.1, -0.05) is 13.3 Å². The summed E-state index contributed by atoms with van der Waals surface area (Å²) in [6.45, 7) is 2.96. The maximum absolute atomic E-state index is 11.7. The van der Waals surface area contributed by atoms with E-state index >= 15 is 0 Å². The highest BCUT2D eigenvalue weighted by Gasteiger charge is 2.33. The Morgan fingerprint density at radius 1 is 1.62 bits per heavy atom. The summed E-state index contributed by atoms with van der Waals surface area (Å²) in [6, 6.07) is 2.25. The van der Waals surface area contributed by atoms with Crippen molar-refractivity contribution in [1.82, 2.24) is 4.90 Å². The van der Waals surface area contributed by atoms with Crippen LogP contribution in [0.2, 0.25) is 0 Å². The van der Waals surface area contributed by atoms with E-state index in [1.165, 1.54) is 7.11 Å². The molecule has 1 saturated heterocycles. The van der Waals surface area contributed by atoms with Crippen molar-refractivity contribution in [3.63, 3.8) is 0 Å². The summed E-state index contributed by atoms with van der Waals surface area (Å²) < 4.78 is 4.83. The fraction of sp³-hybridized carbons (Fsp3) is 0.833. The van der Waals surface area contributed by atoms with Crippen LogP contribution in [-0.4, -0.2) is 36.6 Å². The SMILES string of the molecule is CCC(CC#N)N1CCCCC1C(=O)OC. The van der Waals surface area contributed by atoms with Crippen molar-refractivity contribution in [1.29, 1.82) is 5.26 Å². The number of rotatable bonds is 4. The van der Waals surface area contributed by atoms with Gasteiger partial charge in [0, 0.05) is 6.04 Å². The molecule has 0 spiro atoms. The number of esters is 1. The molecule has 1 heterocycles. The zero-order chi connectivity index (χ0) is 12.0. The summed E-state index contributed by atoms with van der Waals surface area (Å²) in [5.74, 6) is -0.156. The average Bonchev–Trinajstić information content (AvgIpc) is 2.35. The topological polar surface area (TPSA) is 53.3 Å². The summed E-state index contributed by atoms with van der Waals surface area (Å²) >= 11 is 0. The molecule has 1 aliphatic rings. The Labute approximate surface area is 97.2 Å². The number of piperidine rings is 1. The molecule has 16 heavy (non-hydrogen) atoms. The molecule has 0 aromatic carbocycles. The smallest absolute Gasteiger partial charge is 0.323 e. The third kappa shape index (κ3) is 2.96. The van der Waals surface area contributed by atoms with Gasteiger partial charge in [-0.15, -0.1) is 0 Å². The van der Waals surface area contributed by atoms with Crippen LogP contribution < -0.4 is 0 Å². The van der Waals surface area contributed by atoms with Crippen molar-refractivity contribution in [2.45, 2.75) is 51.1 Å². The third-order valence-electron chi connectivity index (χ3n) is 3.28. The lowest BCUT2D eigenvalue weighted by molar-refractivity contribution is -0.149. The molecule has 1 aliphatic heterocycles. The molecule has 90 valence electrons. The molecular formula is C12H20N2O2. The van der Waals surface area contributed by atoms with Gasteiger partial charge < -0.3 is 4.74 Å². The highest BCUT2D eigenvalue weighted by Crippen LogP contribution is 2.23. The lowest BCUT2D eigenvalue weighted by Crippen LogP contribution is -2.50. The number of carbonyl (C=O) groups excluding carboxylic acids is 1. The molecule has 1 rings (SSSR count). The monoisotopic (exact) mass is 224 g/mol. The van der Waals surface area contributed by atoms with Gasteiger partial charge in [0.05, 0.1) is 19.6 Å². The minimum absolute atomic E-state index is 0.142. The highest BCUT2D eigenvalue weighted by atomic mass is 16.5. The van der Waals surface area contributed by atoms with E-state index in [0.29, 0.717) is 6.42 Å². The molecule has 1 fully saturated rings. The Morgan fingerprint density at radius 3 is 2.94 bits per heavy atom. The summed E-state index contributed by atoms with van der Waals surface area (Å²) in [4.78, 5) is 13.8. The molecule has 2 atom stereocenters. The minimum Gasteiger partial charge on any atom is -0.468 e. The standard InChI is InChI=1S/C12H20N2O2/c1-3-10(7-8-13)14-9-5-4-6-11(14)12(15)16-2/h10-11H,3-7,9H2,1-2H3. The van der Waals surface area contributed by atoms with E-state index in [2.05, 4.69) is 17.9 Å². The second-order valence-corrected chi connectivity index (χ2v) is 4.20. The lowest BCUT2D eigenvalue weighted by Gasteiger charge is -2.38. The number of nitrogens with zero attached hydrogens (tertiary/aromatic N) is 2. The van der Waals surface area contributed by atoms with Gasteiger partial charge in [-0.3, -0.25) is 9.69 Å². The molecule has 0 aromatic heterocycles. The van der Waals surface area contributed by atoms with E-state index in [4.69, 9.17) is 10.00 Å². The van der Waals surface area contributed by atoms with Crippen LogP contribution in [0.25, 0.3) is 0 Å². The quantitative estimate of drug-likeness (QED) is 0.682. The first kappa shape index (κ1) is 13.0. The molecule has 0 aliphatic carbocycles. The Bertz CT molecular complexity index is 273. The highest BCUT2D eigenvalue weighted by molar-refractivity contribution is 5.75. The van der Waals surface area contributed by atoms with Crippen molar-refractivity contribution in [2.75, 3.05) is 13.7 Å². The Hall–Kier alpha value is -1.08. The van der Waals surface area contributed by atoms with Crippen LogP contribution in [-0.2, 0) is 9.53 Å². The number of hydrogen-bond donors (Lipinski definition) is 0. The van der Waals surface area contributed by atoms with Gasteiger partial charge >= 0.3 is 5.97 Å². The van der Waals surface area contributed by atoms with E-state index in [1.807, 2.05) is 0 Å². The number of methoxy groups -OCH3 is 1. The molecule has 0 saturated carbocycles. The van der Waals surface area contributed by atoms with Crippen LogP contribution in [0.3, 0.4) is 0 Å². The van der Waals surface area contributed by atoms with E-state index in [0.717, 1.165) is 32.2 Å². The Kier molecular flexibility index (Phi) is 5.27. The molecule has 0 bridgehead atoms. The van der Waals surface area contributed by atoms with Gasteiger partial charge in [0.2, 0.25) is 0 Å². The summed E-state index contributed by atoms with van der Waals surface area (Å²) in [5, 5.41) is 8.79. The summed E-state index contributed by atoms with van der Waals surface area (Å²) in [5.41, 5.74) is 0. The average molecular weight is 224 g/mol. The molecule has 4 heteroatoms. The van der Waals surface area contributed by atoms with Crippen LogP contribution in [0.15, 0.2) is 0 Å². The number of nitriles is 1. The Balaban J connectivity index is 2.72. The first-order valence-corrected chi connectivity index (χ1v) is 5.95. The van der Waals surface area contributed by atoms with Gasteiger partial charge in [-0.05, 0) is 25.8 Å². The van der Waals surface area contributed by atoms with Crippen molar-refractivity contribution < 1.29 is 9.53 Å². The van der Waals surface area contributed by atoms with E-state index in [-0.39, 0.29) is 18.1 Å². The van der Waals surface area contributed by atoms with Crippen molar-refractivity contribution >= 4 is 5.97 Å². The number of hydrogen-bond acceptors (Lipinski definition) is 4. The van der Waals surface area contributed by atoms with Gasteiger partial charge in [-0.2, -0.15) is 5.26 Å². The molecule has 0 amide bonds. The fourth-order valence-electron chi connectivity index (χ4n) is 2.38. The second kappa shape index (κ2) is 6.49. The van der Waals surface area contributed by atoms with Crippen molar-refractivity contribution in [2.24, 2.45) is 0 Å². The first-order valence-electron chi connectivity index (χ1n) is 5.95. The van der Waals surface area contributed by atoms with E-state index in [9.17, 15) is 4.79 Å². The van der Waals surface area contributed by atoms with E-state index < -0.39 is 0 Å². The van der Waals surface area contributed by atoms with Gasteiger partial charge in [-0.25, -0.2) is 0 Å². The second-order valence-electron chi connectivity index (χ2n) is 4.20. The molecule has 0 N–H and O–H groups in total.